The Kier molecular flexibility index (Phi) is 4.82. The van der Waals surface area contributed by atoms with Gasteiger partial charge in [-0.2, -0.15) is 0 Å². The van der Waals surface area contributed by atoms with E-state index in [9.17, 15) is 4.79 Å². The second-order valence-electron chi connectivity index (χ2n) is 5.11. The number of rotatable bonds is 5. The first kappa shape index (κ1) is 16.1. The molecule has 3 aromatic rings. The van der Waals surface area contributed by atoms with E-state index in [0.29, 0.717) is 22.2 Å². The predicted molar refractivity (Wildman–Crippen MR) is 89.2 cm³/mol. The van der Waals surface area contributed by atoms with E-state index in [1.807, 2.05) is 19.1 Å². The Morgan fingerprint density at radius 2 is 2.17 bits per heavy atom. The van der Waals surface area contributed by atoms with E-state index >= 15 is 0 Å². The van der Waals surface area contributed by atoms with Crippen molar-refractivity contribution in [1.82, 2.24) is 5.16 Å². The topological polar surface area (TPSA) is 65.5 Å². The third kappa shape index (κ3) is 3.94. The van der Waals surface area contributed by atoms with E-state index in [2.05, 4.69) is 5.16 Å². The number of ether oxygens (including phenoxy) is 1. The molecule has 0 radical (unpaired) electrons. The SMILES string of the molecule is Cc1ccc(/C=C/C(=O)OCc2cc(-c3ccco3)on2)cc1Cl. The highest BCUT2D eigenvalue weighted by atomic mass is 35.5. The van der Waals surface area contributed by atoms with Gasteiger partial charge in [0.15, 0.2) is 5.76 Å². The number of aromatic nitrogens is 1. The van der Waals surface area contributed by atoms with Crippen molar-refractivity contribution < 1.29 is 18.5 Å². The van der Waals surface area contributed by atoms with Crippen molar-refractivity contribution >= 4 is 23.6 Å². The van der Waals surface area contributed by atoms with Gasteiger partial charge in [-0.25, -0.2) is 4.79 Å². The summed E-state index contributed by atoms with van der Waals surface area (Å²) in [4.78, 5) is 11.8. The number of hydrogen-bond acceptors (Lipinski definition) is 5. The van der Waals surface area contributed by atoms with Crippen LogP contribution in [-0.4, -0.2) is 11.1 Å². The van der Waals surface area contributed by atoms with Gasteiger partial charge in [-0.3, -0.25) is 0 Å². The summed E-state index contributed by atoms with van der Waals surface area (Å²) in [6.07, 6.45) is 4.53. The molecule has 122 valence electrons. The molecule has 5 nitrogen and oxygen atoms in total. The molecule has 2 aromatic heterocycles. The second-order valence-corrected chi connectivity index (χ2v) is 5.52. The van der Waals surface area contributed by atoms with Gasteiger partial charge < -0.3 is 13.7 Å². The van der Waals surface area contributed by atoms with Gasteiger partial charge in [-0.05, 0) is 42.3 Å². The van der Waals surface area contributed by atoms with Crippen LogP contribution in [0.1, 0.15) is 16.8 Å². The lowest BCUT2D eigenvalue weighted by atomic mass is 10.1. The lowest BCUT2D eigenvalue weighted by Crippen LogP contribution is -2.00. The number of carbonyl (C=O) groups excluding carboxylic acids is 1. The van der Waals surface area contributed by atoms with Crippen LogP contribution in [0.5, 0.6) is 0 Å². The molecule has 0 saturated heterocycles. The average molecular weight is 344 g/mol. The molecule has 0 aliphatic heterocycles. The molecule has 0 bridgehead atoms. The smallest absolute Gasteiger partial charge is 0.331 e. The largest absolute Gasteiger partial charge is 0.461 e. The summed E-state index contributed by atoms with van der Waals surface area (Å²) in [5, 5.41) is 4.48. The molecule has 0 unspecified atom stereocenters. The predicted octanol–water partition coefficient (Wildman–Crippen LogP) is 4.65. The molecule has 0 atom stereocenters. The van der Waals surface area contributed by atoms with Gasteiger partial charge in [0.05, 0.1) is 6.26 Å². The van der Waals surface area contributed by atoms with Crippen LogP contribution in [0.3, 0.4) is 0 Å². The van der Waals surface area contributed by atoms with E-state index in [0.717, 1.165) is 11.1 Å². The fraction of sp³-hybridized carbons (Fsp3) is 0.111. The Hall–Kier alpha value is -2.79. The van der Waals surface area contributed by atoms with Crippen molar-refractivity contribution in [3.05, 3.63) is 70.6 Å². The Balaban J connectivity index is 1.55. The number of hydrogen-bond donors (Lipinski definition) is 0. The molecule has 1 aromatic carbocycles. The van der Waals surface area contributed by atoms with Gasteiger partial charge in [0.1, 0.15) is 12.3 Å². The van der Waals surface area contributed by atoms with E-state index in [4.69, 9.17) is 25.3 Å². The number of esters is 1. The van der Waals surface area contributed by atoms with E-state index < -0.39 is 5.97 Å². The van der Waals surface area contributed by atoms with Gasteiger partial charge in [0.25, 0.3) is 0 Å². The fourth-order valence-corrected chi connectivity index (χ4v) is 2.17. The minimum absolute atomic E-state index is 0.0159. The molecule has 0 N–H and O–H groups in total. The summed E-state index contributed by atoms with van der Waals surface area (Å²) in [7, 11) is 0. The van der Waals surface area contributed by atoms with Crippen molar-refractivity contribution in [2.75, 3.05) is 0 Å². The van der Waals surface area contributed by atoms with Gasteiger partial charge in [-0.1, -0.05) is 28.9 Å². The molecule has 3 rings (SSSR count). The van der Waals surface area contributed by atoms with Crippen LogP contribution < -0.4 is 0 Å². The molecule has 0 spiro atoms. The van der Waals surface area contributed by atoms with Crippen LogP contribution in [0.4, 0.5) is 0 Å². The second kappa shape index (κ2) is 7.19. The van der Waals surface area contributed by atoms with Crippen molar-refractivity contribution in [2.45, 2.75) is 13.5 Å². The van der Waals surface area contributed by atoms with Crippen LogP contribution in [0, 0.1) is 6.92 Å². The van der Waals surface area contributed by atoms with Gasteiger partial charge >= 0.3 is 5.97 Å². The molecule has 0 fully saturated rings. The Morgan fingerprint density at radius 1 is 1.29 bits per heavy atom. The highest BCUT2D eigenvalue weighted by molar-refractivity contribution is 6.31. The van der Waals surface area contributed by atoms with E-state index in [1.54, 1.807) is 36.6 Å². The molecular formula is C18H14ClNO4. The molecule has 24 heavy (non-hydrogen) atoms. The monoisotopic (exact) mass is 343 g/mol. The molecule has 0 amide bonds. The number of nitrogens with zero attached hydrogens (tertiary/aromatic N) is 1. The molecular weight excluding hydrogens is 330 g/mol. The maximum absolute atomic E-state index is 11.8. The maximum Gasteiger partial charge on any atom is 0.331 e. The summed E-state index contributed by atoms with van der Waals surface area (Å²) >= 11 is 6.04. The van der Waals surface area contributed by atoms with Crippen LogP contribution in [0.25, 0.3) is 17.6 Å². The van der Waals surface area contributed by atoms with Crippen molar-refractivity contribution in [1.29, 1.82) is 0 Å². The number of halogens is 1. The minimum Gasteiger partial charge on any atom is -0.461 e. The zero-order chi connectivity index (χ0) is 16.9. The Labute approximate surface area is 143 Å². The zero-order valence-electron chi connectivity index (χ0n) is 12.9. The highest BCUT2D eigenvalue weighted by Gasteiger charge is 2.10. The number of aryl methyl sites for hydroxylation is 1. The summed E-state index contributed by atoms with van der Waals surface area (Å²) < 4.78 is 15.5. The number of furan rings is 1. The highest BCUT2D eigenvalue weighted by Crippen LogP contribution is 2.21. The Bertz CT molecular complexity index is 865. The normalized spacial score (nSPS) is 11.1. The third-order valence-electron chi connectivity index (χ3n) is 3.29. The number of carbonyl (C=O) groups is 1. The first-order chi connectivity index (χ1) is 11.6. The molecule has 6 heteroatoms. The van der Waals surface area contributed by atoms with Crippen LogP contribution >= 0.6 is 11.6 Å². The first-order valence-electron chi connectivity index (χ1n) is 7.22. The lowest BCUT2D eigenvalue weighted by molar-refractivity contribution is -0.139. The summed E-state index contributed by atoms with van der Waals surface area (Å²) in [6, 6.07) is 10.7. The van der Waals surface area contributed by atoms with Crippen LogP contribution in [0.15, 0.2) is 57.7 Å². The van der Waals surface area contributed by atoms with Gasteiger partial charge in [-0.15, -0.1) is 0 Å². The minimum atomic E-state index is -0.478. The van der Waals surface area contributed by atoms with Crippen molar-refractivity contribution in [2.24, 2.45) is 0 Å². The molecule has 2 heterocycles. The molecule has 0 aliphatic rings. The summed E-state index contributed by atoms with van der Waals surface area (Å²) in [6.45, 7) is 1.93. The van der Waals surface area contributed by atoms with E-state index in [1.165, 1.54) is 6.08 Å². The molecule has 0 aliphatic carbocycles. The maximum atomic E-state index is 11.8. The first-order valence-corrected chi connectivity index (χ1v) is 7.60. The van der Waals surface area contributed by atoms with Crippen LogP contribution in [-0.2, 0) is 16.1 Å². The quantitative estimate of drug-likeness (QED) is 0.498. The standard InChI is InChI=1S/C18H14ClNO4/c1-12-4-5-13(9-15(12)19)6-7-18(21)23-11-14-10-17(24-20-14)16-3-2-8-22-16/h2-10H,11H2,1H3/b7-6+. The Morgan fingerprint density at radius 3 is 2.92 bits per heavy atom. The average Bonchev–Trinajstić information content (AvgIpc) is 3.25. The fourth-order valence-electron chi connectivity index (χ4n) is 1.98. The van der Waals surface area contributed by atoms with Crippen molar-refractivity contribution in [3.63, 3.8) is 0 Å². The van der Waals surface area contributed by atoms with Gasteiger partial charge in [0.2, 0.25) is 5.76 Å². The lowest BCUT2D eigenvalue weighted by Gasteiger charge is -2.00. The van der Waals surface area contributed by atoms with Crippen molar-refractivity contribution in [3.8, 4) is 11.5 Å². The van der Waals surface area contributed by atoms with Gasteiger partial charge in [0, 0.05) is 17.2 Å². The zero-order valence-corrected chi connectivity index (χ0v) is 13.6. The third-order valence-corrected chi connectivity index (χ3v) is 3.70. The van der Waals surface area contributed by atoms with E-state index in [-0.39, 0.29) is 6.61 Å². The summed E-state index contributed by atoms with van der Waals surface area (Å²) in [5.41, 5.74) is 2.31. The summed E-state index contributed by atoms with van der Waals surface area (Å²) in [5.74, 6) is 0.571. The number of benzene rings is 1. The molecule has 0 saturated carbocycles. The van der Waals surface area contributed by atoms with Crippen LogP contribution in [0.2, 0.25) is 5.02 Å².